The van der Waals surface area contributed by atoms with Crippen LogP contribution in [0.3, 0.4) is 0 Å². The third kappa shape index (κ3) is 42.6. The van der Waals surface area contributed by atoms with Crippen LogP contribution in [-0.2, 0) is 139 Å². The molecule has 5 aromatic carbocycles. The van der Waals surface area contributed by atoms with Crippen LogP contribution in [0.25, 0.3) is 0 Å². The molecule has 0 saturated heterocycles. The van der Waals surface area contributed by atoms with Gasteiger partial charge in [0.2, 0.25) is 28.9 Å². The second-order valence-corrected chi connectivity index (χ2v) is 55.0. The molecule has 0 spiro atoms. The standard InChI is InChI=1S/C22H32O9Si.C22H38O6Si.C21H30O9Si.C19H32O6Si.C15H21Cl3O3Si/c1-6-7-8-9-12-22(5)27-14-19-13-20(10-11-21(19)28-22)26-15-32(29-16(2)23,30-17(3)24)31-18(4)25;1-6-10-11-12-15-22(5)24-17-19-16-20(13-14-21(19)28-22)23-18-29(25-7-2,26-8-3)27-9-4;1-14(2)9-10-21(6)26-12-18-11-19(7-8-20(18)27-21)25-13-31(28-15(3)22,29-16(4)23)30-17(5)24;1-6-7-8-9-12-19(2)24-14-16-13-17(10-11-18(16)25-19)23-15-26(20-3,21-4)22-5;1-11(2)6-7-15(3)20-9-12-8-13(4-5-14(12)21-15)19-10-22(16,17)18/h10-11,13H,6-9,12,14-15H2,1-5H3;13-14,16H,6-12,15,17-18H2,1-5H3;7-8,11,14H,9-10,12-13H2,1-6H3;10-11,13H,6-9,12,14-15H2,1-5H3;4-5,8,11H,6-7,9-10H2,1-3H3. The smallest absolute Gasteiger partial charge is 0.493 e. The fourth-order valence-corrected chi connectivity index (χ4v) is 23.0. The molecule has 5 unspecified atom stereocenters. The van der Waals surface area contributed by atoms with Crippen LogP contribution in [0.5, 0.6) is 57.5 Å². The van der Waals surface area contributed by atoms with Crippen molar-refractivity contribution in [3.63, 3.8) is 0 Å². The molecule has 0 fully saturated rings. The van der Waals surface area contributed by atoms with E-state index in [4.69, 9.17) is 157 Å². The van der Waals surface area contributed by atoms with Gasteiger partial charge in [0.1, 0.15) is 63.7 Å². The summed E-state index contributed by atoms with van der Waals surface area (Å²) in [5.41, 5.74) is 4.48. The molecule has 5 heterocycles. The highest BCUT2D eigenvalue weighted by Crippen LogP contribution is 2.43. The van der Waals surface area contributed by atoms with E-state index in [2.05, 4.69) is 48.5 Å². The topological polar surface area (TPSA) is 352 Å². The third-order valence-electron chi connectivity index (χ3n) is 22.1. The zero-order chi connectivity index (χ0) is 104. The molecule has 5 aromatic rings. The summed E-state index contributed by atoms with van der Waals surface area (Å²) in [6, 6.07) is 24.7. The van der Waals surface area contributed by atoms with Gasteiger partial charge >= 0.3 is 41.2 Å². The lowest BCUT2D eigenvalue weighted by Crippen LogP contribution is -2.54. The minimum Gasteiger partial charge on any atom is -0.493 e. The Hall–Kier alpha value is -7.57. The molecule has 0 saturated carbocycles. The second kappa shape index (κ2) is 58.5. The van der Waals surface area contributed by atoms with E-state index < -0.39 is 118 Å². The molecule has 33 nitrogen and oxygen atoms in total. The van der Waals surface area contributed by atoms with E-state index in [1.807, 2.05) is 110 Å². The van der Waals surface area contributed by atoms with Crippen LogP contribution < -0.4 is 47.4 Å². The summed E-state index contributed by atoms with van der Waals surface area (Å²) in [6.45, 7) is 41.5. The maximum Gasteiger partial charge on any atom is 0.745 e. The third-order valence-corrected chi connectivity index (χ3v) is 33.2. The Bertz CT molecular complexity index is 4560. The summed E-state index contributed by atoms with van der Waals surface area (Å²) < 4.78 is 153. The highest BCUT2D eigenvalue weighted by molar-refractivity contribution is 7.64. The number of fused-ring (bicyclic) bond motifs is 5. The molecule has 41 heteroatoms. The molecule has 0 aromatic heterocycles. The number of ether oxygens (including phenoxy) is 15. The van der Waals surface area contributed by atoms with Crippen molar-refractivity contribution < 1.29 is 153 Å². The molecular formula is C99H153Cl3O33Si5. The lowest BCUT2D eigenvalue weighted by atomic mass is 10.0. The molecule has 0 radical (unpaired) electrons. The van der Waals surface area contributed by atoms with Crippen molar-refractivity contribution in [2.45, 2.75) is 329 Å². The molecule has 140 heavy (non-hydrogen) atoms. The van der Waals surface area contributed by atoms with Crippen LogP contribution in [0.2, 0.25) is 0 Å². The Morgan fingerprint density at radius 3 is 0.721 bits per heavy atom. The van der Waals surface area contributed by atoms with Gasteiger partial charge in [0.05, 0.1) is 33.0 Å². The number of hydrogen-bond acceptors (Lipinski definition) is 33. The molecule has 5 aliphatic rings. The van der Waals surface area contributed by atoms with E-state index in [-0.39, 0.29) is 18.7 Å². The average molecular weight is 2120 g/mol. The summed E-state index contributed by atoms with van der Waals surface area (Å²) in [7, 11) is -9.07. The van der Waals surface area contributed by atoms with Gasteiger partial charge in [-0.05, 0) is 156 Å². The first-order valence-corrected chi connectivity index (χ1v) is 61.4. The van der Waals surface area contributed by atoms with Gasteiger partial charge in [0.15, 0.2) is 24.9 Å². The van der Waals surface area contributed by atoms with Crippen molar-refractivity contribution in [3.05, 3.63) is 119 Å². The zero-order valence-electron chi connectivity index (χ0n) is 86.5. The van der Waals surface area contributed by atoms with E-state index in [1.54, 1.807) is 57.7 Å². The van der Waals surface area contributed by atoms with Crippen molar-refractivity contribution in [2.75, 3.05) is 72.3 Å². The number of unbranched alkanes of at least 4 members (excludes halogenated alkanes) is 9. The largest absolute Gasteiger partial charge is 0.745 e. The van der Waals surface area contributed by atoms with E-state index in [0.717, 1.165) is 163 Å². The Morgan fingerprint density at radius 2 is 0.521 bits per heavy atom. The minimum absolute atomic E-state index is 0.129. The van der Waals surface area contributed by atoms with Crippen molar-refractivity contribution in [2.24, 2.45) is 11.8 Å². The fraction of sp³-hybridized carbons (Fsp3) is 0.636. The molecule has 0 bridgehead atoms. The van der Waals surface area contributed by atoms with Gasteiger partial charge in [0.25, 0.3) is 35.8 Å². The van der Waals surface area contributed by atoms with Crippen LogP contribution in [0, 0.1) is 11.8 Å². The first-order chi connectivity index (χ1) is 66.1. The normalized spacial score (nSPS) is 18.9. The van der Waals surface area contributed by atoms with Gasteiger partial charge in [-0.25, -0.2) is 0 Å². The molecule has 0 N–H and O–H groups in total. The predicted octanol–water partition coefficient (Wildman–Crippen LogP) is 21.8. The fourth-order valence-electron chi connectivity index (χ4n) is 14.9. The molecule has 0 amide bonds. The molecule has 5 atom stereocenters. The number of hydrogen-bond donors (Lipinski definition) is 0. The Morgan fingerprint density at radius 1 is 0.307 bits per heavy atom. The van der Waals surface area contributed by atoms with E-state index in [1.165, 1.54) is 51.4 Å². The van der Waals surface area contributed by atoms with Crippen LogP contribution >= 0.6 is 33.2 Å². The van der Waals surface area contributed by atoms with Crippen LogP contribution in [-0.4, -0.2) is 178 Å². The summed E-state index contributed by atoms with van der Waals surface area (Å²) in [5, 5.41) is 0. The van der Waals surface area contributed by atoms with Crippen molar-refractivity contribution >= 4 is 110 Å². The lowest BCUT2D eigenvalue weighted by molar-refractivity contribution is -0.199. The molecule has 0 aliphatic carbocycles. The molecular weight excluding hydrogens is 1960 g/mol. The molecule has 788 valence electrons. The minimum atomic E-state index is -4.08. The maximum atomic E-state index is 11.5. The number of halogens is 3. The van der Waals surface area contributed by atoms with Gasteiger partial charge in [-0.3, -0.25) is 28.8 Å². The van der Waals surface area contributed by atoms with Gasteiger partial charge in [-0.15, -0.1) is 33.2 Å². The summed E-state index contributed by atoms with van der Waals surface area (Å²) in [6.07, 6.45) is 20.2. The number of carbonyl (C=O) groups excluding carboxylic acids is 6. The average Bonchev–Trinajstić information content (AvgIpc) is 0.808. The summed E-state index contributed by atoms with van der Waals surface area (Å²) in [5.74, 6) is 0.412. The molecule has 10 rings (SSSR count). The maximum absolute atomic E-state index is 11.5. The van der Waals surface area contributed by atoms with E-state index >= 15 is 0 Å². The lowest BCUT2D eigenvalue weighted by Gasteiger charge is -2.36. The quantitative estimate of drug-likeness (QED) is 0.0198. The van der Waals surface area contributed by atoms with Crippen molar-refractivity contribution in [1.82, 2.24) is 0 Å². The van der Waals surface area contributed by atoms with Crippen LogP contribution in [0.1, 0.15) is 295 Å². The van der Waals surface area contributed by atoms with Crippen LogP contribution in [0.4, 0.5) is 0 Å². The predicted molar refractivity (Wildman–Crippen MR) is 536 cm³/mol. The number of rotatable bonds is 51. The number of carbonyl (C=O) groups is 6. The first-order valence-electron chi connectivity index (χ1n) is 48.4. The Labute approximate surface area is 847 Å². The van der Waals surface area contributed by atoms with Gasteiger partial charge < -0.3 is 124 Å². The second-order valence-electron chi connectivity index (χ2n) is 36.0. The number of benzene rings is 5. The van der Waals surface area contributed by atoms with Crippen molar-refractivity contribution in [1.29, 1.82) is 0 Å². The highest BCUT2D eigenvalue weighted by Gasteiger charge is 2.56. The first kappa shape index (κ1) is 121. The van der Waals surface area contributed by atoms with Gasteiger partial charge in [-0.1, -0.05) is 106 Å². The SMILES string of the molecule is CC(=O)O[Si](COc1ccc2c(c1)COC(C)(CCC(C)C)O2)(OC(C)=O)OC(C)=O.CC(C)CCC1(C)OCc2cc(OC[Si](Cl)(Cl)Cl)ccc2O1.CCCCCCC1(C)OCc2cc(OC[Si](OC(C)=O)(OC(C)=O)OC(C)=O)ccc2O1.CCCCCCC1(C)OCc2cc(OC[Si](OC)(OC)OC)ccc2O1.CCCCCCC1(C)OCc2cc(OC[Si](OCC)(OCC)OCC)ccc2O1. The highest BCUT2D eigenvalue weighted by atomic mass is 35.8. The Balaban J connectivity index is 0.000000270. The van der Waals surface area contributed by atoms with Gasteiger partial charge in [-0.2, -0.15) is 0 Å². The van der Waals surface area contributed by atoms with Crippen molar-refractivity contribution in [3.8, 4) is 57.5 Å². The van der Waals surface area contributed by atoms with E-state index in [0.29, 0.717) is 99.2 Å². The van der Waals surface area contributed by atoms with E-state index in [9.17, 15) is 28.8 Å². The Kier molecular flexibility index (Phi) is 50.7. The zero-order valence-corrected chi connectivity index (χ0v) is 93.8. The monoisotopic (exact) mass is 2110 g/mol. The van der Waals surface area contributed by atoms with Gasteiger partial charge in [0, 0.05) is 177 Å². The van der Waals surface area contributed by atoms with Crippen LogP contribution in [0.15, 0.2) is 91.0 Å². The summed E-state index contributed by atoms with van der Waals surface area (Å²) >= 11 is 17.5. The molecule has 5 aliphatic heterocycles. The summed E-state index contributed by atoms with van der Waals surface area (Å²) in [4.78, 5) is 69.2.